The summed E-state index contributed by atoms with van der Waals surface area (Å²) in [5.74, 6) is -0.575. The molecule has 5 atom stereocenters. The average molecular weight is 374 g/mol. The summed E-state index contributed by atoms with van der Waals surface area (Å²) in [5, 5.41) is 30.3. The lowest BCUT2D eigenvalue weighted by molar-refractivity contribution is -0.303. The molecule has 0 bridgehead atoms. The van der Waals surface area contributed by atoms with Gasteiger partial charge in [-0.05, 0) is 17.7 Å². The lowest BCUT2D eigenvalue weighted by atomic mass is 9.99. The summed E-state index contributed by atoms with van der Waals surface area (Å²) < 4.78 is 16.2. The number of rotatable bonds is 6. The smallest absolute Gasteiger partial charge is 0.338 e. The van der Waals surface area contributed by atoms with Crippen molar-refractivity contribution in [3.8, 4) is 0 Å². The van der Waals surface area contributed by atoms with Crippen LogP contribution in [0.1, 0.15) is 15.9 Å². The molecule has 2 aromatic carbocycles. The van der Waals surface area contributed by atoms with Crippen molar-refractivity contribution < 1.29 is 34.3 Å². The van der Waals surface area contributed by atoms with Gasteiger partial charge in [0.05, 0.1) is 12.2 Å². The van der Waals surface area contributed by atoms with Crippen molar-refractivity contribution in [3.63, 3.8) is 0 Å². The minimum absolute atomic E-state index is 0.155. The number of hydrogen-bond acceptors (Lipinski definition) is 7. The molecule has 0 amide bonds. The fourth-order valence-electron chi connectivity index (χ4n) is 2.76. The SMILES string of the molecule is O=C(OC[C@H]1O[C@@H](OCc2ccccc2)[C@H](O)[C@@H](O)[C@@H]1O)c1ccccc1. The molecule has 0 aromatic heterocycles. The van der Waals surface area contributed by atoms with E-state index in [2.05, 4.69) is 0 Å². The molecule has 1 saturated heterocycles. The molecule has 7 nitrogen and oxygen atoms in total. The molecule has 1 aliphatic rings. The first kappa shape index (κ1) is 19.5. The molecule has 7 heteroatoms. The highest BCUT2D eigenvalue weighted by Gasteiger charge is 2.44. The van der Waals surface area contributed by atoms with Crippen molar-refractivity contribution in [1.82, 2.24) is 0 Å². The number of carbonyl (C=O) groups excluding carboxylic acids is 1. The van der Waals surface area contributed by atoms with Crippen LogP contribution >= 0.6 is 0 Å². The van der Waals surface area contributed by atoms with Gasteiger partial charge in [-0.3, -0.25) is 0 Å². The van der Waals surface area contributed by atoms with Gasteiger partial charge >= 0.3 is 5.97 Å². The van der Waals surface area contributed by atoms with Crippen LogP contribution in [-0.4, -0.2) is 58.6 Å². The number of hydrogen-bond donors (Lipinski definition) is 3. The highest BCUT2D eigenvalue weighted by molar-refractivity contribution is 5.89. The summed E-state index contributed by atoms with van der Waals surface area (Å²) in [4.78, 5) is 12.0. The zero-order valence-electron chi connectivity index (χ0n) is 14.5. The van der Waals surface area contributed by atoms with Crippen molar-refractivity contribution in [1.29, 1.82) is 0 Å². The van der Waals surface area contributed by atoms with Crippen LogP contribution in [0.2, 0.25) is 0 Å². The van der Waals surface area contributed by atoms with Crippen molar-refractivity contribution >= 4 is 5.97 Å². The van der Waals surface area contributed by atoms with Gasteiger partial charge in [-0.2, -0.15) is 0 Å². The fraction of sp³-hybridized carbons (Fsp3) is 0.350. The van der Waals surface area contributed by atoms with Gasteiger partial charge < -0.3 is 29.5 Å². The maximum absolute atomic E-state index is 12.0. The molecule has 144 valence electrons. The number of aliphatic hydroxyl groups excluding tert-OH is 3. The molecule has 3 N–H and O–H groups in total. The molecule has 0 saturated carbocycles. The molecule has 0 spiro atoms. The van der Waals surface area contributed by atoms with Crippen LogP contribution in [-0.2, 0) is 20.8 Å². The van der Waals surface area contributed by atoms with Gasteiger partial charge in [0, 0.05) is 0 Å². The summed E-state index contributed by atoms with van der Waals surface area (Å²) in [5.41, 5.74) is 1.22. The van der Waals surface area contributed by atoms with E-state index in [9.17, 15) is 20.1 Å². The van der Waals surface area contributed by atoms with Crippen LogP contribution < -0.4 is 0 Å². The number of ether oxygens (including phenoxy) is 3. The predicted octanol–water partition coefficient (Wildman–Crippen LogP) is 0.868. The zero-order valence-corrected chi connectivity index (χ0v) is 14.5. The molecule has 2 aromatic rings. The molecule has 0 aliphatic carbocycles. The van der Waals surface area contributed by atoms with E-state index in [1.165, 1.54) is 0 Å². The minimum Gasteiger partial charge on any atom is -0.459 e. The van der Waals surface area contributed by atoms with Crippen molar-refractivity contribution in [2.45, 2.75) is 37.3 Å². The molecule has 3 rings (SSSR count). The normalized spacial score (nSPS) is 27.9. The summed E-state index contributed by atoms with van der Waals surface area (Å²) in [7, 11) is 0. The highest BCUT2D eigenvalue weighted by Crippen LogP contribution is 2.23. The van der Waals surface area contributed by atoms with E-state index in [1.807, 2.05) is 30.3 Å². The number of aliphatic hydroxyl groups is 3. The Morgan fingerprint density at radius 1 is 0.889 bits per heavy atom. The first-order valence-electron chi connectivity index (χ1n) is 8.63. The van der Waals surface area contributed by atoms with E-state index < -0.39 is 36.7 Å². The second-order valence-corrected chi connectivity index (χ2v) is 6.28. The van der Waals surface area contributed by atoms with Gasteiger partial charge in [0.1, 0.15) is 31.0 Å². The molecule has 1 heterocycles. The van der Waals surface area contributed by atoms with Gasteiger partial charge in [0.2, 0.25) is 0 Å². The van der Waals surface area contributed by atoms with Gasteiger partial charge in [-0.25, -0.2) is 4.79 Å². The second-order valence-electron chi connectivity index (χ2n) is 6.28. The van der Waals surface area contributed by atoms with E-state index in [1.54, 1.807) is 30.3 Å². The Labute approximate surface area is 156 Å². The topological polar surface area (TPSA) is 105 Å². The Hall–Kier alpha value is -2.29. The summed E-state index contributed by atoms with van der Waals surface area (Å²) in [6.45, 7) is -0.133. The molecule has 1 aliphatic heterocycles. The Kier molecular flexibility index (Phi) is 6.54. The summed E-state index contributed by atoms with van der Waals surface area (Å²) in [6.07, 6.45) is -6.52. The number of benzene rings is 2. The van der Waals surface area contributed by atoms with E-state index in [0.717, 1.165) is 5.56 Å². The van der Waals surface area contributed by atoms with Crippen molar-refractivity contribution in [2.24, 2.45) is 0 Å². The summed E-state index contributed by atoms with van der Waals surface area (Å²) in [6, 6.07) is 17.6. The fourth-order valence-corrected chi connectivity index (χ4v) is 2.76. The Morgan fingerprint density at radius 2 is 1.52 bits per heavy atom. The molecular weight excluding hydrogens is 352 g/mol. The monoisotopic (exact) mass is 374 g/mol. The van der Waals surface area contributed by atoms with Crippen LogP contribution in [0.3, 0.4) is 0 Å². The van der Waals surface area contributed by atoms with Crippen LogP contribution in [0.15, 0.2) is 60.7 Å². The Bertz CT molecular complexity index is 722. The Morgan fingerprint density at radius 3 is 2.19 bits per heavy atom. The lowest BCUT2D eigenvalue weighted by Gasteiger charge is -2.39. The first-order valence-corrected chi connectivity index (χ1v) is 8.63. The van der Waals surface area contributed by atoms with Gasteiger partial charge in [-0.1, -0.05) is 48.5 Å². The largest absolute Gasteiger partial charge is 0.459 e. The van der Waals surface area contributed by atoms with E-state index in [4.69, 9.17) is 14.2 Å². The van der Waals surface area contributed by atoms with Gasteiger partial charge in [0.25, 0.3) is 0 Å². The molecular formula is C20H22O7. The Balaban J connectivity index is 1.58. The number of carbonyl (C=O) groups is 1. The van der Waals surface area contributed by atoms with Crippen LogP contribution in [0.5, 0.6) is 0 Å². The standard InChI is InChI=1S/C20H22O7/c21-16-15(12-25-19(24)14-9-5-2-6-10-14)27-20(18(23)17(16)22)26-11-13-7-3-1-4-8-13/h1-10,15-18,20-23H,11-12H2/t15-,16-,17+,18-,20-/m1/s1. The van der Waals surface area contributed by atoms with E-state index in [0.29, 0.717) is 5.56 Å². The second kappa shape index (κ2) is 9.07. The average Bonchev–Trinajstić information content (AvgIpc) is 2.72. The molecule has 27 heavy (non-hydrogen) atoms. The lowest BCUT2D eigenvalue weighted by Crippen LogP contribution is -2.59. The highest BCUT2D eigenvalue weighted by atomic mass is 16.7. The predicted molar refractivity (Wildman–Crippen MR) is 94.6 cm³/mol. The number of esters is 1. The molecule has 0 radical (unpaired) electrons. The van der Waals surface area contributed by atoms with Crippen molar-refractivity contribution in [2.75, 3.05) is 6.61 Å². The third-order valence-electron chi connectivity index (χ3n) is 4.31. The van der Waals surface area contributed by atoms with Crippen molar-refractivity contribution in [3.05, 3.63) is 71.8 Å². The maximum atomic E-state index is 12.0. The third-order valence-corrected chi connectivity index (χ3v) is 4.31. The molecule has 0 unspecified atom stereocenters. The van der Waals surface area contributed by atoms with Gasteiger partial charge in [0.15, 0.2) is 6.29 Å². The minimum atomic E-state index is -1.49. The van der Waals surface area contributed by atoms with Crippen LogP contribution in [0, 0.1) is 0 Å². The zero-order chi connectivity index (χ0) is 19.2. The van der Waals surface area contributed by atoms with Gasteiger partial charge in [-0.15, -0.1) is 0 Å². The first-order chi connectivity index (χ1) is 13.1. The maximum Gasteiger partial charge on any atom is 0.338 e. The van der Waals surface area contributed by atoms with E-state index in [-0.39, 0.29) is 13.2 Å². The van der Waals surface area contributed by atoms with Crippen LogP contribution in [0.4, 0.5) is 0 Å². The van der Waals surface area contributed by atoms with Crippen LogP contribution in [0.25, 0.3) is 0 Å². The molecule has 1 fully saturated rings. The van der Waals surface area contributed by atoms with E-state index >= 15 is 0 Å². The third kappa shape index (κ3) is 4.91. The quantitative estimate of drug-likeness (QED) is 0.644. The summed E-state index contributed by atoms with van der Waals surface area (Å²) >= 11 is 0.